The van der Waals surface area contributed by atoms with Crippen LogP contribution >= 0.6 is 12.2 Å². The molecule has 0 aromatic heterocycles. The molecule has 1 aliphatic rings. The third kappa shape index (κ3) is 1.84. The van der Waals surface area contributed by atoms with E-state index in [0.29, 0.717) is 5.17 Å². The van der Waals surface area contributed by atoms with Gasteiger partial charge in [-0.05, 0) is 33.0 Å². The van der Waals surface area contributed by atoms with Crippen LogP contribution in [0.25, 0.3) is 0 Å². The molecule has 1 heterocycles. The summed E-state index contributed by atoms with van der Waals surface area (Å²) in [5.41, 5.74) is 0.106. The molecule has 1 aliphatic heterocycles. The van der Waals surface area contributed by atoms with Gasteiger partial charge in [0, 0.05) is 12.0 Å². The molecule has 1 rings (SSSR count). The number of ether oxygens (including phenoxy) is 1. The Kier molecular flexibility index (Phi) is 1.86. The predicted molar refractivity (Wildman–Crippen MR) is 45.0 cm³/mol. The lowest BCUT2D eigenvalue weighted by Gasteiger charge is -2.36. The van der Waals surface area contributed by atoms with Gasteiger partial charge in [-0.2, -0.15) is 0 Å². The maximum atomic E-state index is 5.24. The molecule has 10 heavy (non-hydrogen) atoms. The van der Waals surface area contributed by atoms with Crippen molar-refractivity contribution in [2.75, 3.05) is 0 Å². The van der Waals surface area contributed by atoms with Crippen molar-refractivity contribution in [3.8, 4) is 0 Å². The first-order chi connectivity index (χ1) is 4.49. The first kappa shape index (κ1) is 7.79. The Morgan fingerprint density at radius 1 is 1.70 bits per heavy atom. The van der Waals surface area contributed by atoms with Crippen LogP contribution in [-0.4, -0.2) is 16.8 Å². The van der Waals surface area contributed by atoms with Crippen molar-refractivity contribution in [1.29, 1.82) is 0 Å². The van der Waals surface area contributed by atoms with E-state index < -0.39 is 0 Å². The van der Waals surface area contributed by atoms with E-state index in [0.717, 1.165) is 6.42 Å². The topological polar surface area (TPSA) is 21.3 Å². The molecule has 1 saturated heterocycles. The molecule has 0 bridgehead atoms. The highest BCUT2D eigenvalue weighted by Crippen LogP contribution is 2.18. The zero-order chi connectivity index (χ0) is 7.78. The summed E-state index contributed by atoms with van der Waals surface area (Å²) in [6.45, 7) is 6.28. The lowest BCUT2D eigenvalue weighted by Crippen LogP contribution is -2.51. The molecule has 0 amide bonds. The highest BCUT2D eigenvalue weighted by atomic mass is 32.1. The molecular formula is C7H13NOS. The first-order valence-electron chi connectivity index (χ1n) is 3.48. The molecule has 1 fully saturated rings. The quantitative estimate of drug-likeness (QED) is 0.540. The van der Waals surface area contributed by atoms with Crippen LogP contribution in [0.1, 0.15) is 27.2 Å². The van der Waals surface area contributed by atoms with E-state index in [1.807, 2.05) is 6.92 Å². The van der Waals surface area contributed by atoms with Gasteiger partial charge in [0.25, 0.3) is 5.17 Å². The van der Waals surface area contributed by atoms with Crippen molar-refractivity contribution in [1.82, 2.24) is 5.32 Å². The van der Waals surface area contributed by atoms with Crippen LogP contribution in [-0.2, 0) is 4.74 Å². The van der Waals surface area contributed by atoms with E-state index in [1.54, 1.807) is 0 Å². The smallest absolute Gasteiger partial charge is 0.257 e. The number of hydrogen-bond acceptors (Lipinski definition) is 2. The van der Waals surface area contributed by atoms with Crippen molar-refractivity contribution in [2.24, 2.45) is 0 Å². The second-order valence-electron chi connectivity index (χ2n) is 3.43. The maximum absolute atomic E-state index is 5.24. The Morgan fingerprint density at radius 3 is 2.70 bits per heavy atom. The molecule has 0 aromatic carbocycles. The molecule has 0 aromatic rings. The fourth-order valence-electron chi connectivity index (χ4n) is 1.30. The monoisotopic (exact) mass is 159 g/mol. The summed E-state index contributed by atoms with van der Waals surface area (Å²) in [6.07, 6.45) is 1.26. The summed E-state index contributed by atoms with van der Waals surface area (Å²) in [7, 11) is 0. The van der Waals surface area contributed by atoms with Crippen LogP contribution in [0.4, 0.5) is 0 Å². The SMILES string of the molecule is C[C@H]1CC(C)(C)NC(=S)O1. The predicted octanol–water partition coefficient (Wildman–Crippen LogP) is 1.45. The van der Waals surface area contributed by atoms with Crippen molar-refractivity contribution >= 4 is 17.4 Å². The molecule has 2 nitrogen and oxygen atoms in total. The van der Waals surface area contributed by atoms with Crippen LogP contribution in [0.5, 0.6) is 0 Å². The zero-order valence-corrected chi connectivity index (χ0v) is 7.42. The summed E-state index contributed by atoms with van der Waals surface area (Å²) in [5, 5.41) is 3.63. The molecule has 1 N–H and O–H groups in total. The molecule has 0 spiro atoms. The van der Waals surface area contributed by atoms with E-state index in [-0.39, 0.29) is 11.6 Å². The minimum absolute atomic E-state index is 0.106. The standard InChI is InChI=1S/C7H13NOS/c1-5-4-7(2,3)8-6(10)9-5/h5H,4H2,1-3H3,(H,8,10)/t5-/m0/s1. The van der Waals surface area contributed by atoms with E-state index in [4.69, 9.17) is 17.0 Å². The summed E-state index contributed by atoms with van der Waals surface area (Å²) < 4.78 is 5.24. The highest BCUT2D eigenvalue weighted by molar-refractivity contribution is 7.80. The fraction of sp³-hybridized carbons (Fsp3) is 0.857. The Bertz CT molecular complexity index is 156. The largest absolute Gasteiger partial charge is 0.468 e. The molecule has 0 radical (unpaired) electrons. The maximum Gasteiger partial charge on any atom is 0.257 e. The minimum atomic E-state index is 0.106. The zero-order valence-electron chi connectivity index (χ0n) is 6.60. The van der Waals surface area contributed by atoms with E-state index in [1.165, 1.54) is 0 Å². The van der Waals surface area contributed by atoms with Gasteiger partial charge in [-0.15, -0.1) is 0 Å². The van der Waals surface area contributed by atoms with Crippen LogP contribution in [0.15, 0.2) is 0 Å². The van der Waals surface area contributed by atoms with Gasteiger partial charge < -0.3 is 10.1 Å². The van der Waals surface area contributed by atoms with E-state index in [2.05, 4.69) is 19.2 Å². The van der Waals surface area contributed by atoms with Crippen LogP contribution in [0, 0.1) is 0 Å². The van der Waals surface area contributed by atoms with E-state index >= 15 is 0 Å². The molecule has 1 atom stereocenters. The average molecular weight is 159 g/mol. The molecular weight excluding hydrogens is 146 g/mol. The Labute approximate surface area is 66.9 Å². The number of hydrogen-bond donors (Lipinski definition) is 1. The lowest BCUT2D eigenvalue weighted by atomic mass is 9.96. The Balaban J connectivity index is 2.59. The number of thiocarbonyl (C=S) groups is 1. The highest BCUT2D eigenvalue weighted by Gasteiger charge is 2.28. The molecule has 3 heteroatoms. The second kappa shape index (κ2) is 2.38. The average Bonchev–Trinajstić information content (AvgIpc) is 1.54. The Hall–Kier alpha value is -0.310. The molecule has 58 valence electrons. The van der Waals surface area contributed by atoms with Gasteiger partial charge >= 0.3 is 0 Å². The van der Waals surface area contributed by atoms with Crippen molar-refractivity contribution in [2.45, 2.75) is 38.8 Å². The van der Waals surface area contributed by atoms with Crippen LogP contribution in [0.2, 0.25) is 0 Å². The van der Waals surface area contributed by atoms with Gasteiger partial charge in [0.1, 0.15) is 6.10 Å². The van der Waals surface area contributed by atoms with Crippen molar-refractivity contribution < 1.29 is 4.74 Å². The summed E-state index contributed by atoms with van der Waals surface area (Å²) in [4.78, 5) is 0. The summed E-state index contributed by atoms with van der Waals surface area (Å²) in [6, 6.07) is 0. The van der Waals surface area contributed by atoms with Crippen molar-refractivity contribution in [3.63, 3.8) is 0 Å². The van der Waals surface area contributed by atoms with Crippen molar-refractivity contribution in [3.05, 3.63) is 0 Å². The van der Waals surface area contributed by atoms with Gasteiger partial charge in [-0.1, -0.05) is 0 Å². The lowest BCUT2D eigenvalue weighted by molar-refractivity contribution is 0.121. The van der Waals surface area contributed by atoms with Gasteiger partial charge in [-0.25, -0.2) is 0 Å². The first-order valence-corrected chi connectivity index (χ1v) is 3.89. The molecule has 0 unspecified atom stereocenters. The summed E-state index contributed by atoms with van der Waals surface area (Å²) in [5.74, 6) is 0. The third-order valence-corrected chi connectivity index (χ3v) is 1.74. The van der Waals surface area contributed by atoms with Crippen LogP contribution < -0.4 is 5.32 Å². The van der Waals surface area contributed by atoms with Gasteiger partial charge in [0.05, 0.1) is 0 Å². The molecule has 0 saturated carbocycles. The van der Waals surface area contributed by atoms with E-state index in [9.17, 15) is 0 Å². The minimum Gasteiger partial charge on any atom is -0.468 e. The number of rotatable bonds is 0. The summed E-state index contributed by atoms with van der Waals surface area (Å²) >= 11 is 4.90. The number of nitrogens with one attached hydrogen (secondary N) is 1. The fourth-order valence-corrected chi connectivity index (χ4v) is 1.74. The second-order valence-corrected chi connectivity index (χ2v) is 3.80. The third-order valence-electron chi connectivity index (χ3n) is 1.55. The van der Waals surface area contributed by atoms with Crippen LogP contribution in [0.3, 0.4) is 0 Å². The van der Waals surface area contributed by atoms with Gasteiger partial charge in [-0.3, -0.25) is 0 Å². The van der Waals surface area contributed by atoms with Gasteiger partial charge in [0.2, 0.25) is 0 Å². The van der Waals surface area contributed by atoms with Gasteiger partial charge in [0.15, 0.2) is 0 Å². The Morgan fingerprint density at radius 2 is 2.30 bits per heavy atom. The normalized spacial score (nSPS) is 30.7. The molecule has 0 aliphatic carbocycles.